The molecule has 0 amide bonds. The van der Waals surface area contributed by atoms with Gasteiger partial charge in [0.05, 0.1) is 11.2 Å². The molecular weight excluding hydrogens is 253 g/mol. The molecule has 1 N–H and O–H groups in total. The number of nitrogens with one attached hydrogen (secondary N) is 1. The molecule has 1 aliphatic heterocycles. The van der Waals surface area contributed by atoms with Gasteiger partial charge in [0.2, 0.25) is 0 Å². The first-order chi connectivity index (χ1) is 9.27. The molecule has 0 aromatic carbocycles. The SMILES string of the molecule is BN1CC(c2nc3c(c(C)nn3C(C)(C)C)c(=O)[nH]2)C1. The molecule has 1 saturated heterocycles. The van der Waals surface area contributed by atoms with Gasteiger partial charge in [-0.2, -0.15) is 5.10 Å². The van der Waals surface area contributed by atoms with Gasteiger partial charge in [0.1, 0.15) is 11.2 Å². The molecule has 20 heavy (non-hydrogen) atoms. The van der Waals surface area contributed by atoms with Crippen LogP contribution in [0.2, 0.25) is 0 Å². The predicted octanol–water partition coefficient (Wildman–Crippen LogP) is 0.130. The molecule has 7 heteroatoms. The summed E-state index contributed by atoms with van der Waals surface area (Å²) in [4.78, 5) is 22.2. The maximum Gasteiger partial charge on any atom is 0.262 e. The first-order valence-corrected chi connectivity index (χ1v) is 6.96. The zero-order valence-corrected chi connectivity index (χ0v) is 12.7. The molecular formula is C13H20BN5O. The number of hydrogen-bond acceptors (Lipinski definition) is 4. The normalized spacial score (nSPS) is 17.6. The van der Waals surface area contributed by atoms with Gasteiger partial charge in [-0.25, -0.2) is 9.67 Å². The van der Waals surface area contributed by atoms with E-state index in [0.717, 1.165) is 24.6 Å². The van der Waals surface area contributed by atoms with Crippen LogP contribution in [-0.4, -0.2) is 45.6 Å². The number of rotatable bonds is 1. The molecule has 0 radical (unpaired) electrons. The molecule has 3 rings (SSSR count). The largest absolute Gasteiger partial charge is 0.347 e. The molecule has 0 bridgehead atoms. The van der Waals surface area contributed by atoms with E-state index in [1.807, 2.05) is 11.6 Å². The second kappa shape index (κ2) is 4.18. The number of aryl methyl sites for hydroxylation is 1. The Hall–Kier alpha value is -1.63. The Kier molecular flexibility index (Phi) is 2.79. The lowest BCUT2D eigenvalue weighted by molar-refractivity contribution is 0.267. The number of hydrogen-bond donors (Lipinski definition) is 1. The van der Waals surface area contributed by atoms with Crippen LogP contribution in [0.15, 0.2) is 4.79 Å². The molecule has 0 spiro atoms. The lowest BCUT2D eigenvalue weighted by Gasteiger charge is -2.35. The van der Waals surface area contributed by atoms with Crippen molar-refractivity contribution in [2.75, 3.05) is 13.1 Å². The number of H-pyrrole nitrogens is 1. The van der Waals surface area contributed by atoms with Crippen LogP contribution in [0.1, 0.15) is 38.2 Å². The summed E-state index contributed by atoms with van der Waals surface area (Å²) in [6, 6.07) is 0. The first kappa shape index (κ1) is 13.4. The van der Waals surface area contributed by atoms with Crippen molar-refractivity contribution < 1.29 is 0 Å². The maximum atomic E-state index is 12.3. The van der Waals surface area contributed by atoms with Crippen LogP contribution in [0.5, 0.6) is 0 Å². The van der Waals surface area contributed by atoms with Gasteiger partial charge in [-0.15, -0.1) is 0 Å². The van der Waals surface area contributed by atoms with Crippen LogP contribution in [0.3, 0.4) is 0 Å². The molecule has 0 unspecified atom stereocenters. The fourth-order valence-electron chi connectivity index (χ4n) is 2.74. The van der Waals surface area contributed by atoms with E-state index in [0.29, 0.717) is 17.0 Å². The van der Waals surface area contributed by atoms with Crippen LogP contribution in [0.4, 0.5) is 0 Å². The van der Waals surface area contributed by atoms with Crippen molar-refractivity contribution in [2.24, 2.45) is 0 Å². The second-order valence-corrected chi connectivity index (χ2v) is 6.74. The van der Waals surface area contributed by atoms with Gasteiger partial charge in [0.15, 0.2) is 13.6 Å². The highest BCUT2D eigenvalue weighted by atomic mass is 16.1. The fourth-order valence-corrected chi connectivity index (χ4v) is 2.74. The van der Waals surface area contributed by atoms with Gasteiger partial charge < -0.3 is 9.79 Å². The Morgan fingerprint density at radius 3 is 2.55 bits per heavy atom. The van der Waals surface area contributed by atoms with Crippen molar-refractivity contribution in [1.82, 2.24) is 24.6 Å². The summed E-state index contributed by atoms with van der Waals surface area (Å²) >= 11 is 0. The highest BCUT2D eigenvalue weighted by Crippen LogP contribution is 2.25. The molecule has 1 fully saturated rings. The average molecular weight is 273 g/mol. The van der Waals surface area contributed by atoms with E-state index >= 15 is 0 Å². The molecule has 2 aromatic heterocycles. The van der Waals surface area contributed by atoms with Gasteiger partial charge in [0.25, 0.3) is 5.56 Å². The van der Waals surface area contributed by atoms with E-state index in [-0.39, 0.29) is 11.1 Å². The summed E-state index contributed by atoms with van der Waals surface area (Å²) in [7, 11) is 2.07. The minimum Gasteiger partial charge on any atom is -0.347 e. The Morgan fingerprint density at radius 1 is 1.35 bits per heavy atom. The van der Waals surface area contributed by atoms with Crippen molar-refractivity contribution in [3.63, 3.8) is 0 Å². The Balaban J connectivity index is 2.21. The lowest BCUT2D eigenvalue weighted by atomic mass is 9.95. The zero-order valence-electron chi connectivity index (χ0n) is 12.7. The maximum absolute atomic E-state index is 12.3. The van der Waals surface area contributed by atoms with Crippen LogP contribution in [0, 0.1) is 6.92 Å². The molecule has 3 heterocycles. The van der Waals surface area contributed by atoms with Crippen LogP contribution >= 0.6 is 0 Å². The highest BCUT2D eigenvalue weighted by molar-refractivity contribution is 6.05. The summed E-state index contributed by atoms with van der Waals surface area (Å²) in [6.45, 7) is 9.95. The van der Waals surface area contributed by atoms with E-state index in [1.165, 1.54) is 0 Å². The third-order valence-corrected chi connectivity index (χ3v) is 3.82. The van der Waals surface area contributed by atoms with E-state index in [4.69, 9.17) is 4.98 Å². The third kappa shape index (κ3) is 1.97. The highest BCUT2D eigenvalue weighted by Gasteiger charge is 2.29. The quantitative estimate of drug-likeness (QED) is 0.750. The lowest BCUT2D eigenvalue weighted by Crippen LogP contribution is -2.44. The summed E-state index contributed by atoms with van der Waals surface area (Å²) in [5.74, 6) is 1.10. The standard InChI is InChI=1S/C13H20BN5O/c1-7-9-11(19(17-7)13(2,3)4)15-10(16-12(9)20)8-5-18(14)6-8/h8H,5-6,14H2,1-4H3,(H,15,16,20). The number of fused-ring (bicyclic) bond motifs is 1. The summed E-state index contributed by atoms with van der Waals surface area (Å²) in [6.07, 6.45) is 0. The average Bonchev–Trinajstić information content (AvgIpc) is 2.62. The smallest absolute Gasteiger partial charge is 0.262 e. The predicted molar refractivity (Wildman–Crippen MR) is 80.7 cm³/mol. The molecule has 106 valence electrons. The Bertz CT molecular complexity index is 721. The molecule has 2 aromatic rings. The van der Waals surface area contributed by atoms with Gasteiger partial charge in [-0.05, 0) is 40.8 Å². The Labute approximate surface area is 118 Å². The zero-order chi connectivity index (χ0) is 14.7. The monoisotopic (exact) mass is 273 g/mol. The number of aromatic nitrogens is 4. The van der Waals surface area contributed by atoms with Crippen molar-refractivity contribution in [3.8, 4) is 0 Å². The van der Waals surface area contributed by atoms with E-state index < -0.39 is 0 Å². The molecule has 0 saturated carbocycles. The molecule has 0 aliphatic carbocycles. The van der Waals surface area contributed by atoms with Crippen molar-refractivity contribution in [1.29, 1.82) is 0 Å². The van der Waals surface area contributed by atoms with Crippen LogP contribution < -0.4 is 5.56 Å². The first-order valence-electron chi connectivity index (χ1n) is 6.96. The van der Waals surface area contributed by atoms with Crippen LogP contribution in [0.25, 0.3) is 11.0 Å². The number of nitrogens with zero attached hydrogens (tertiary/aromatic N) is 4. The summed E-state index contributed by atoms with van der Waals surface area (Å²) < 4.78 is 1.86. The van der Waals surface area contributed by atoms with Crippen molar-refractivity contribution in [3.05, 3.63) is 21.9 Å². The minimum atomic E-state index is -0.193. The molecule has 6 nitrogen and oxygen atoms in total. The third-order valence-electron chi connectivity index (χ3n) is 3.82. The van der Waals surface area contributed by atoms with E-state index in [9.17, 15) is 4.79 Å². The van der Waals surface area contributed by atoms with Gasteiger partial charge >= 0.3 is 0 Å². The molecule has 1 aliphatic rings. The second-order valence-electron chi connectivity index (χ2n) is 6.74. The topological polar surface area (TPSA) is 66.8 Å². The van der Waals surface area contributed by atoms with E-state index in [2.05, 4.69) is 43.6 Å². The van der Waals surface area contributed by atoms with Gasteiger partial charge in [-0.3, -0.25) is 4.79 Å². The Morgan fingerprint density at radius 2 is 2.00 bits per heavy atom. The van der Waals surface area contributed by atoms with Crippen molar-refractivity contribution in [2.45, 2.75) is 39.2 Å². The van der Waals surface area contributed by atoms with Gasteiger partial charge in [0, 0.05) is 5.92 Å². The van der Waals surface area contributed by atoms with Crippen LogP contribution in [-0.2, 0) is 5.54 Å². The minimum absolute atomic E-state index is 0.0763. The summed E-state index contributed by atoms with van der Waals surface area (Å²) in [5, 5.41) is 5.11. The number of aromatic amines is 1. The van der Waals surface area contributed by atoms with Crippen molar-refractivity contribution >= 4 is 19.0 Å². The summed E-state index contributed by atoms with van der Waals surface area (Å²) in [5.41, 5.74) is 1.16. The van der Waals surface area contributed by atoms with Gasteiger partial charge in [-0.1, -0.05) is 0 Å². The van der Waals surface area contributed by atoms with E-state index in [1.54, 1.807) is 0 Å². The molecule has 0 atom stereocenters. The fraction of sp³-hybridized carbons (Fsp3) is 0.615.